The van der Waals surface area contributed by atoms with Crippen molar-refractivity contribution in [2.45, 2.75) is 58.4 Å². The molecule has 0 saturated carbocycles. The van der Waals surface area contributed by atoms with Crippen LogP contribution in [-0.4, -0.2) is 35.7 Å². The van der Waals surface area contributed by atoms with Crippen LogP contribution in [0.25, 0.3) is 0 Å². The fourth-order valence-corrected chi connectivity index (χ4v) is 2.69. The SMILES string of the molecule is COC(=O)C(C)(CSC(C)C(C)C)NC(C)C. The Morgan fingerprint density at radius 3 is 2.18 bits per heavy atom. The number of nitrogens with one attached hydrogen (secondary N) is 1. The number of ether oxygens (including phenoxy) is 1. The van der Waals surface area contributed by atoms with Crippen molar-refractivity contribution in [3.05, 3.63) is 0 Å². The molecule has 3 nitrogen and oxygen atoms in total. The minimum Gasteiger partial charge on any atom is -0.468 e. The predicted octanol–water partition coefficient (Wildman–Crippen LogP) is 2.69. The van der Waals surface area contributed by atoms with Gasteiger partial charge in [-0.3, -0.25) is 10.1 Å². The fourth-order valence-electron chi connectivity index (χ4n) is 1.51. The number of hydrogen-bond acceptors (Lipinski definition) is 4. The van der Waals surface area contributed by atoms with Crippen LogP contribution in [0.3, 0.4) is 0 Å². The summed E-state index contributed by atoms with van der Waals surface area (Å²) in [5.41, 5.74) is -0.600. The van der Waals surface area contributed by atoms with Crippen molar-refractivity contribution in [1.29, 1.82) is 0 Å². The smallest absolute Gasteiger partial charge is 0.326 e. The van der Waals surface area contributed by atoms with Crippen LogP contribution in [0.1, 0.15) is 41.5 Å². The van der Waals surface area contributed by atoms with E-state index in [0.29, 0.717) is 11.2 Å². The highest BCUT2D eigenvalue weighted by Gasteiger charge is 2.35. The molecule has 0 fully saturated rings. The maximum Gasteiger partial charge on any atom is 0.326 e. The summed E-state index contributed by atoms with van der Waals surface area (Å²) < 4.78 is 4.89. The number of methoxy groups -OCH3 is 1. The van der Waals surface area contributed by atoms with Crippen molar-refractivity contribution >= 4 is 17.7 Å². The van der Waals surface area contributed by atoms with Gasteiger partial charge in [0.15, 0.2) is 0 Å². The van der Waals surface area contributed by atoms with Crippen molar-refractivity contribution in [2.75, 3.05) is 12.9 Å². The van der Waals surface area contributed by atoms with E-state index in [-0.39, 0.29) is 12.0 Å². The summed E-state index contributed by atoms with van der Waals surface area (Å²) in [7, 11) is 1.44. The van der Waals surface area contributed by atoms with Crippen molar-refractivity contribution in [3.8, 4) is 0 Å². The van der Waals surface area contributed by atoms with Crippen molar-refractivity contribution in [2.24, 2.45) is 5.92 Å². The largest absolute Gasteiger partial charge is 0.468 e. The Bertz CT molecular complexity index is 244. The van der Waals surface area contributed by atoms with Gasteiger partial charge in [0, 0.05) is 17.0 Å². The summed E-state index contributed by atoms with van der Waals surface area (Å²) in [6, 6.07) is 0.258. The molecule has 0 aromatic rings. The third-order valence-corrected chi connectivity index (χ3v) is 4.63. The molecule has 0 aliphatic carbocycles. The Morgan fingerprint density at radius 1 is 1.29 bits per heavy atom. The minimum absolute atomic E-state index is 0.186. The van der Waals surface area contributed by atoms with E-state index in [1.54, 1.807) is 0 Å². The molecule has 17 heavy (non-hydrogen) atoms. The summed E-state index contributed by atoms with van der Waals surface area (Å²) in [6.07, 6.45) is 0. The molecule has 0 spiro atoms. The average molecular weight is 261 g/mol. The molecule has 0 bridgehead atoms. The van der Waals surface area contributed by atoms with Crippen molar-refractivity contribution < 1.29 is 9.53 Å². The van der Waals surface area contributed by atoms with E-state index < -0.39 is 5.54 Å². The molecular formula is C13H27NO2S. The lowest BCUT2D eigenvalue weighted by molar-refractivity contribution is -0.147. The molecule has 0 aromatic heterocycles. The van der Waals surface area contributed by atoms with Gasteiger partial charge in [0.25, 0.3) is 0 Å². The second-order valence-corrected chi connectivity index (χ2v) is 6.75. The van der Waals surface area contributed by atoms with Gasteiger partial charge < -0.3 is 4.74 Å². The molecule has 0 heterocycles. The van der Waals surface area contributed by atoms with E-state index in [1.807, 2.05) is 32.5 Å². The van der Waals surface area contributed by atoms with Crippen LogP contribution in [0.5, 0.6) is 0 Å². The normalized spacial score (nSPS) is 17.0. The highest BCUT2D eigenvalue weighted by atomic mass is 32.2. The van der Waals surface area contributed by atoms with Gasteiger partial charge in [-0.2, -0.15) is 11.8 Å². The van der Waals surface area contributed by atoms with Gasteiger partial charge >= 0.3 is 5.97 Å². The molecule has 2 atom stereocenters. The first-order valence-electron chi connectivity index (χ1n) is 6.20. The maximum absolute atomic E-state index is 11.9. The van der Waals surface area contributed by atoms with E-state index in [1.165, 1.54) is 7.11 Å². The molecule has 0 aliphatic rings. The van der Waals surface area contributed by atoms with E-state index >= 15 is 0 Å². The van der Waals surface area contributed by atoms with Crippen LogP contribution in [-0.2, 0) is 9.53 Å². The second-order valence-electron chi connectivity index (χ2n) is 5.38. The molecule has 0 aliphatic heterocycles. The van der Waals surface area contributed by atoms with Crippen LogP contribution in [0.4, 0.5) is 0 Å². The average Bonchev–Trinajstić information content (AvgIpc) is 2.23. The third kappa shape index (κ3) is 5.77. The third-order valence-electron chi connectivity index (χ3n) is 2.82. The van der Waals surface area contributed by atoms with Gasteiger partial charge in [0.2, 0.25) is 0 Å². The second kappa shape index (κ2) is 7.27. The summed E-state index contributed by atoms with van der Waals surface area (Å²) in [5, 5.41) is 3.84. The molecule has 0 radical (unpaired) electrons. The Kier molecular flexibility index (Phi) is 7.17. The molecule has 0 amide bonds. The highest BCUT2D eigenvalue weighted by molar-refractivity contribution is 8.00. The molecule has 0 aromatic carbocycles. The Hall–Kier alpha value is -0.220. The van der Waals surface area contributed by atoms with E-state index in [2.05, 4.69) is 26.1 Å². The number of esters is 1. The van der Waals surface area contributed by atoms with Gasteiger partial charge in [-0.1, -0.05) is 20.8 Å². The van der Waals surface area contributed by atoms with E-state index in [0.717, 1.165) is 5.75 Å². The van der Waals surface area contributed by atoms with E-state index in [9.17, 15) is 4.79 Å². The molecule has 2 unspecified atom stereocenters. The summed E-state index contributed by atoms with van der Waals surface area (Å²) in [5.74, 6) is 1.16. The zero-order valence-corrected chi connectivity index (χ0v) is 13.0. The van der Waals surface area contributed by atoms with Crippen LogP contribution < -0.4 is 5.32 Å². The molecule has 4 heteroatoms. The zero-order chi connectivity index (χ0) is 13.6. The molecule has 102 valence electrons. The molecular weight excluding hydrogens is 234 g/mol. The lowest BCUT2D eigenvalue weighted by Crippen LogP contribution is -2.55. The first kappa shape index (κ1) is 16.8. The van der Waals surface area contributed by atoms with Gasteiger partial charge in [-0.25, -0.2) is 0 Å². The number of rotatable bonds is 7. The Labute approximate surface area is 110 Å². The van der Waals surface area contributed by atoms with Crippen molar-refractivity contribution in [3.63, 3.8) is 0 Å². The summed E-state index contributed by atoms with van der Waals surface area (Å²) in [6.45, 7) is 12.6. The van der Waals surface area contributed by atoms with Crippen LogP contribution in [0.2, 0.25) is 0 Å². The van der Waals surface area contributed by atoms with Crippen molar-refractivity contribution in [1.82, 2.24) is 5.32 Å². The predicted molar refractivity (Wildman–Crippen MR) is 75.5 cm³/mol. The van der Waals surface area contributed by atoms with E-state index in [4.69, 9.17) is 4.74 Å². The lowest BCUT2D eigenvalue weighted by atomic mass is 10.0. The molecule has 0 rings (SSSR count). The Balaban J connectivity index is 4.54. The first-order valence-corrected chi connectivity index (χ1v) is 7.25. The monoisotopic (exact) mass is 261 g/mol. The maximum atomic E-state index is 11.9. The van der Waals surface area contributed by atoms with Gasteiger partial charge in [0.1, 0.15) is 5.54 Å². The van der Waals surface area contributed by atoms with Gasteiger partial charge in [-0.05, 0) is 26.7 Å². The zero-order valence-electron chi connectivity index (χ0n) is 12.2. The topological polar surface area (TPSA) is 38.3 Å². The lowest BCUT2D eigenvalue weighted by Gasteiger charge is -2.31. The van der Waals surface area contributed by atoms with Gasteiger partial charge in [0.05, 0.1) is 7.11 Å². The molecule has 1 N–H and O–H groups in total. The highest BCUT2D eigenvalue weighted by Crippen LogP contribution is 2.24. The van der Waals surface area contributed by atoms with Gasteiger partial charge in [-0.15, -0.1) is 0 Å². The Morgan fingerprint density at radius 2 is 1.82 bits per heavy atom. The number of hydrogen-bond donors (Lipinski definition) is 1. The fraction of sp³-hybridized carbons (Fsp3) is 0.923. The van der Waals surface area contributed by atoms with Crippen LogP contribution >= 0.6 is 11.8 Å². The minimum atomic E-state index is -0.600. The van der Waals surface area contributed by atoms with Crippen LogP contribution in [0, 0.1) is 5.92 Å². The summed E-state index contributed by atoms with van der Waals surface area (Å²) in [4.78, 5) is 11.9. The first-order chi connectivity index (χ1) is 7.73. The number of thioether (sulfide) groups is 1. The summed E-state index contributed by atoms with van der Waals surface area (Å²) >= 11 is 1.81. The molecule has 0 saturated heterocycles. The number of carbonyl (C=O) groups excluding carboxylic acids is 1. The quantitative estimate of drug-likeness (QED) is 0.715. The number of carbonyl (C=O) groups is 1. The standard InChI is InChI=1S/C13H27NO2S/c1-9(2)11(5)17-8-13(6,12(15)16-7)14-10(3)4/h9-11,14H,8H2,1-7H3. The van der Waals surface area contributed by atoms with Crippen LogP contribution in [0.15, 0.2) is 0 Å².